The summed E-state index contributed by atoms with van der Waals surface area (Å²) in [7, 11) is 0. The number of rotatable bonds is 6. The minimum atomic E-state index is -0.241. The molecule has 0 aliphatic rings. The van der Waals surface area contributed by atoms with Crippen molar-refractivity contribution in [2.24, 2.45) is 0 Å². The molecule has 1 amide bonds. The van der Waals surface area contributed by atoms with E-state index in [4.69, 9.17) is 10.00 Å². The molecule has 0 saturated carbocycles. The van der Waals surface area contributed by atoms with E-state index in [1.54, 1.807) is 36.5 Å². The summed E-state index contributed by atoms with van der Waals surface area (Å²) in [5.41, 5.74) is 2.94. The first kappa shape index (κ1) is 17.9. The van der Waals surface area contributed by atoms with Gasteiger partial charge in [0.05, 0.1) is 17.3 Å². The number of anilines is 1. The van der Waals surface area contributed by atoms with Crippen LogP contribution in [-0.4, -0.2) is 10.9 Å². The fraction of sp³-hybridized carbons (Fsp3) is 0.0455. The van der Waals surface area contributed by atoms with E-state index in [2.05, 4.69) is 10.3 Å². The Hall–Kier alpha value is -3.91. The van der Waals surface area contributed by atoms with E-state index in [1.807, 2.05) is 48.5 Å². The smallest absolute Gasteiger partial charge is 0.248 e. The lowest BCUT2D eigenvalue weighted by Gasteiger charge is -2.05. The van der Waals surface area contributed by atoms with Gasteiger partial charge in [-0.05, 0) is 60.2 Å². The van der Waals surface area contributed by atoms with E-state index in [9.17, 15) is 4.79 Å². The average Bonchev–Trinajstić information content (AvgIpc) is 2.73. The van der Waals surface area contributed by atoms with Crippen LogP contribution in [0.2, 0.25) is 0 Å². The van der Waals surface area contributed by atoms with Crippen molar-refractivity contribution in [2.75, 3.05) is 5.32 Å². The Bertz CT molecular complexity index is 957. The van der Waals surface area contributed by atoms with Crippen molar-refractivity contribution in [1.29, 1.82) is 5.26 Å². The molecule has 27 heavy (non-hydrogen) atoms. The highest BCUT2D eigenvalue weighted by Gasteiger charge is 1.99. The molecule has 3 rings (SSSR count). The lowest BCUT2D eigenvalue weighted by atomic mass is 10.2. The van der Waals surface area contributed by atoms with Crippen molar-refractivity contribution in [2.45, 2.75) is 6.61 Å². The van der Waals surface area contributed by atoms with Crippen molar-refractivity contribution in [3.05, 3.63) is 95.8 Å². The summed E-state index contributed by atoms with van der Waals surface area (Å²) < 4.78 is 5.68. The standard InChI is InChI=1S/C22H17N3O2/c23-15-18-4-9-19(10-5-18)25-22(26)13-8-17-6-11-21(12-7-17)27-16-20-3-1-2-14-24-20/h1-14H,16H2,(H,25,26)/b13-8+. The fourth-order valence-electron chi connectivity index (χ4n) is 2.30. The molecule has 0 radical (unpaired) electrons. The summed E-state index contributed by atoms with van der Waals surface area (Å²) in [5.74, 6) is 0.495. The van der Waals surface area contributed by atoms with Gasteiger partial charge in [0, 0.05) is 18.0 Å². The largest absolute Gasteiger partial charge is 0.487 e. The van der Waals surface area contributed by atoms with Gasteiger partial charge in [-0.15, -0.1) is 0 Å². The molecule has 0 spiro atoms. The normalized spacial score (nSPS) is 10.3. The highest BCUT2D eigenvalue weighted by molar-refractivity contribution is 6.01. The molecule has 0 fully saturated rings. The lowest BCUT2D eigenvalue weighted by Crippen LogP contribution is -2.07. The van der Waals surface area contributed by atoms with Crippen LogP contribution >= 0.6 is 0 Å². The second-order valence-electron chi connectivity index (χ2n) is 5.69. The zero-order chi connectivity index (χ0) is 18.9. The Morgan fingerprint density at radius 3 is 2.52 bits per heavy atom. The van der Waals surface area contributed by atoms with E-state index in [1.165, 1.54) is 6.08 Å². The maximum Gasteiger partial charge on any atom is 0.248 e. The molecule has 1 N–H and O–H groups in total. The van der Waals surface area contributed by atoms with E-state index >= 15 is 0 Å². The molecule has 0 bridgehead atoms. The van der Waals surface area contributed by atoms with E-state index < -0.39 is 0 Å². The molecule has 5 nitrogen and oxygen atoms in total. The summed E-state index contributed by atoms with van der Waals surface area (Å²) >= 11 is 0. The van der Waals surface area contributed by atoms with E-state index in [0.29, 0.717) is 17.9 Å². The number of aromatic nitrogens is 1. The molecule has 0 aliphatic heterocycles. The van der Waals surface area contributed by atoms with Crippen LogP contribution in [0, 0.1) is 11.3 Å². The fourth-order valence-corrected chi connectivity index (χ4v) is 2.30. The Morgan fingerprint density at radius 1 is 1.07 bits per heavy atom. The second-order valence-corrected chi connectivity index (χ2v) is 5.69. The molecular weight excluding hydrogens is 338 g/mol. The van der Waals surface area contributed by atoms with Gasteiger partial charge in [0.25, 0.3) is 0 Å². The molecular formula is C22H17N3O2. The maximum absolute atomic E-state index is 12.0. The predicted molar refractivity (Wildman–Crippen MR) is 104 cm³/mol. The number of carbonyl (C=O) groups excluding carboxylic acids is 1. The summed E-state index contributed by atoms with van der Waals surface area (Å²) in [5, 5.41) is 11.5. The number of nitrogens with one attached hydrogen (secondary N) is 1. The molecule has 0 atom stereocenters. The third kappa shape index (κ3) is 5.55. The van der Waals surface area contributed by atoms with Gasteiger partial charge in [-0.2, -0.15) is 5.26 Å². The van der Waals surface area contributed by atoms with Gasteiger partial charge in [-0.1, -0.05) is 18.2 Å². The average molecular weight is 355 g/mol. The van der Waals surface area contributed by atoms with E-state index in [0.717, 1.165) is 17.0 Å². The first-order valence-electron chi connectivity index (χ1n) is 8.35. The monoisotopic (exact) mass is 355 g/mol. The maximum atomic E-state index is 12.0. The van der Waals surface area contributed by atoms with Crippen LogP contribution in [0.5, 0.6) is 5.75 Å². The van der Waals surface area contributed by atoms with Crippen LogP contribution in [-0.2, 0) is 11.4 Å². The zero-order valence-electron chi connectivity index (χ0n) is 14.5. The number of ether oxygens (including phenoxy) is 1. The molecule has 2 aromatic carbocycles. The molecule has 5 heteroatoms. The van der Waals surface area contributed by atoms with Crippen LogP contribution in [0.15, 0.2) is 79.0 Å². The van der Waals surface area contributed by atoms with Crippen LogP contribution in [0.4, 0.5) is 5.69 Å². The molecule has 0 saturated heterocycles. The SMILES string of the molecule is N#Cc1ccc(NC(=O)/C=C/c2ccc(OCc3ccccn3)cc2)cc1. The van der Waals surface area contributed by atoms with Crippen LogP contribution in [0.25, 0.3) is 6.08 Å². The first-order valence-corrected chi connectivity index (χ1v) is 8.35. The summed E-state index contributed by atoms with van der Waals surface area (Å²) in [4.78, 5) is 16.2. The van der Waals surface area contributed by atoms with Gasteiger partial charge in [0.15, 0.2) is 0 Å². The highest BCUT2D eigenvalue weighted by atomic mass is 16.5. The molecule has 0 aliphatic carbocycles. The van der Waals surface area contributed by atoms with Gasteiger partial charge < -0.3 is 10.1 Å². The van der Waals surface area contributed by atoms with Crippen LogP contribution < -0.4 is 10.1 Å². The summed E-state index contributed by atoms with van der Waals surface area (Å²) in [6.07, 6.45) is 4.92. The molecule has 1 aromatic heterocycles. The highest BCUT2D eigenvalue weighted by Crippen LogP contribution is 2.15. The van der Waals surface area contributed by atoms with Gasteiger partial charge >= 0.3 is 0 Å². The van der Waals surface area contributed by atoms with E-state index in [-0.39, 0.29) is 5.91 Å². The molecule has 3 aromatic rings. The Morgan fingerprint density at radius 2 is 1.85 bits per heavy atom. The van der Waals surface area contributed by atoms with Crippen molar-refractivity contribution < 1.29 is 9.53 Å². The molecule has 132 valence electrons. The second kappa shape index (κ2) is 8.97. The van der Waals surface area contributed by atoms with Crippen molar-refractivity contribution in [1.82, 2.24) is 4.98 Å². The quantitative estimate of drug-likeness (QED) is 0.673. The number of hydrogen-bond donors (Lipinski definition) is 1. The Kier molecular flexibility index (Phi) is 5.95. The predicted octanol–water partition coefficient (Wildman–Crippen LogP) is 4.18. The van der Waals surface area contributed by atoms with Gasteiger partial charge in [-0.25, -0.2) is 0 Å². The third-order valence-corrected chi connectivity index (χ3v) is 3.70. The first-order chi connectivity index (χ1) is 13.2. The molecule has 0 unspecified atom stereocenters. The number of carbonyl (C=O) groups is 1. The third-order valence-electron chi connectivity index (χ3n) is 3.70. The Balaban J connectivity index is 1.52. The zero-order valence-corrected chi connectivity index (χ0v) is 14.5. The minimum absolute atomic E-state index is 0.241. The van der Waals surface area contributed by atoms with Crippen molar-refractivity contribution in [3.63, 3.8) is 0 Å². The number of amides is 1. The number of hydrogen-bond acceptors (Lipinski definition) is 4. The number of pyridine rings is 1. The summed E-state index contributed by atoms with van der Waals surface area (Å²) in [6.45, 7) is 0.406. The molecule has 1 heterocycles. The Labute approximate surface area is 157 Å². The van der Waals surface area contributed by atoms with Crippen LogP contribution in [0.1, 0.15) is 16.8 Å². The minimum Gasteiger partial charge on any atom is -0.487 e. The van der Waals surface area contributed by atoms with Crippen molar-refractivity contribution >= 4 is 17.7 Å². The number of nitrogens with zero attached hydrogens (tertiary/aromatic N) is 2. The lowest BCUT2D eigenvalue weighted by molar-refractivity contribution is -0.111. The summed E-state index contributed by atoms with van der Waals surface area (Å²) in [6, 6.07) is 21.9. The van der Waals surface area contributed by atoms with Gasteiger partial charge in [-0.3, -0.25) is 9.78 Å². The van der Waals surface area contributed by atoms with Gasteiger partial charge in [0.1, 0.15) is 12.4 Å². The number of nitriles is 1. The van der Waals surface area contributed by atoms with Gasteiger partial charge in [0.2, 0.25) is 5.91 Å². The topological polar surface area (TPSA) is 75.0 Å². The van der Waals surface area contributed by atoms with Crippen molar-refractivity contribution in [3.8, 4) is 11.8 Å². The number of benzene rings is 2. The van der Waals surface area contributed by atoms with Crippen LogP contribution in [0.3, 0.4) is 0 Å².